The molecule has 2 heterocycles. The molecular weight excluding hydrogens is 316 g/mol. The van der Waals surface area contributed by atoms with Crippen LogP contribution in [0.25, 0.3) is 11.3 Å². The van der Waals surface area contributed by atoms with Crippen LogP contribution in [-0.2, 0) is 13.0 Å². The Labute approximate surface area is 138 Å². The van der Waals surface area contributed by atoms with Gasteiger partial charge in [0.15, 0.2) is 17.3 Å². The number of hydrogen-bond donors (Lipinski definition) is 0. The Morgan fingerprint density at radius 2 is 2.08 bits per heavy atom. The molecule has 2 aliphatic rings. The first kappa shape index (κ1) is 15.2. The molecule has 0 atom stereocenters. The lowest BCUT2D eigenvalue weighted by Crippen LogP contribution is -2.14. The number of nitrogens with zero attached hydrogens (tertiary/aromatic N) is 1. The van der Waals surface area contributed by atoms with Crippen LogP contribution in [0.5, 0.6) is 11.5 Å². The van der Waals surface area contributed by atoms with Gasteiger partial charge in [-0.1, -0.05) is 0 Å². The first-order valence-electron chi connectivity index (χ1n) is 7.98. The average molecular weight is 333 g/mol. The zero-order chi connectivity index (χ0) is 16.8. The summed E-state index contributed by atoms with van der Waals surface area (Å²) in [5.41, 5.74) is 3.31. The van der Waals surface area contributed by atoms with Gasteiger partial charge in [0.1, 0.15) is 0 Å². The number of benzene rings is 1. The molecule has 1 aromatic carbocycles. The average Bonchev–Trinajstić information content (AvgIpc) is 3.32. The second kappa shape index (κ2) is 5.61. The number of aromatic nitrogens is 1. The molecule has 0 unspecified atom stereocenters. The van der Waals surface area contributed by atoms with Crippen LogP contribution in [0.1, 0.15) is 28.8 Å². The van der Waals surface area contributed by atoms with Crippen LogP contribution in [0.3, 0.4) is 0 Å². The number of rotatable bonds is 5. The standard InChI is InChI=1S/C18H17F2NO3/c1-23-14-9-13-11(8-15(14)24-18(19)20)4-6-21-7-5-12(16(13)21)17(22)10-2-3-10/h5,7-10,18H,2-4,6H2,1H3. The first-order chi connectivity index (χ1) is 11.6. The van der Waals surface area contributed by atoms with Gasteiger partial charge in [-0.05, 0) is 43.0 Å². The minimum absolute atomic E-state index is 0.0290. The van der Waals surface area contributed by atoms with Crippen LogP contribution in [-0.4, -0.2) is 24.1 Å². The highest BCUT2D eigenvalue weighted by atomic mass is 19.3. The van der Waals surface area contributed by atoms with Crippen LogP contribution in [0.2, 0.25) is 0 Å². The van der Waals surface area contributed by atoms with Crippen LogP contribution >= 0.6 is 0 Å². The second-order valence-electron chi connectivity index (χ2n) is 6.20. The van der Waals surface area contributed by atoms with Gasteiger partial charge < -0.3 is 14.0 Å². The minimum atomic E-state index is -2.91. The fourth-order valence-electron chi connectivity index (χ4n) is 3.34. The van der Waals surface area contributed by atoms with Crippen molar-refractivity contribution >= 4 is 5.78 Å². The Balaban J connectivity index is 1.83. The number of carbonyl (C=O) groups excluding carboxylic acids is 1. The van der Waals surface area contributed by atoms with E-state index in [1.165, 1.54) is 7.11 Å². The van der Waals surface area contributed by atoms with Gasteiger partial charge in [-0.15, -0.1) is 0 Å². The summed E-state index contributed by atoms with van der Waals surface area (Å²) in [7, 11) is 1.41. The molecule has 1 fully saturated rings. The summed E-state index contributed by atoms with van der Waals surface area (Å²) in [5, 5.41) is 0. The van der Waals surface area contributed by atoms with Crippen molar-refractivity contribution in [2.45, 2.75) is 32.4 Å². The van der Waals surface area contributed by atoms with Crippen molar-refractivity contribution < 1.29 is 23.0 Å². The highest BCUT2D eigenvalue weighted by Crippen LogP contribution is 2.42. The first-order valence-corrected chi connectivity index (χ1v) is 7.98. The van der Waals surface area contributed by atoms with Gasteiger partial charge in [0, 0.05) is 29.8 Å². The number of fused-ring (bicyclic) bond motifs is 3. The number of halogens is 2. The van der Waals surface area contributed by atoms with Crippen molar-refractivity contribution in [3.05, 3.63) is 35.5 Å². The van der Waals surface area contributed by atoms with E-state index in [9.17, 15) is 13.6 Å². The minimum Gasteiger partial charge on any atom is -0.493 e. The van der Waals surface area contributed by atoms with Crippen molar-refractivity contribution in [2.24, 2.45) is 5.92 Å². The topological polar surface area (TPSA) is 40.5 Å². The summed E-state index contributed by atoms with van der Waals surface area (Å²) in [6, 6.07) is 5.16. The van der Waals surface area contributed by atoms with Crippen molar-refractivity contribution in [3.8, 4) is 22.8 Å². The molecule has 1 aromatic heterocycles. The molecule has 0 spiro atoms. The van der Waals surface area contributed by atoms with Crippen LogP contribution in [0.15, 0.2) is 24.4 Å². The molecule has 0 radical (unpaired) electrons. The van der Waals surface area contributed by atoms with E-state index in [0.29, 0.717) is 18.5 Å². The molecule has 0 amide bonds. The van der Waals surface area contributed by atoms with Crippen LogP contribution in [0.4, 0.5) is 8.78 Å². The summed E-state index contributed by atoms with van der Waals surface area (Å²) in [6.45, 7) is -2.20. The highest BCUT2D eigenvalue weighted by Gasteiger charge is 2.34. The Morgan fingerprint density at radius 1 is 1.29 bits per heavy atom. The van der Waals surface area contributed by atoms with E-state index in [0.717, 1.165) is 29.7 Å². The van der Waals surface area contributed by atoms with Gasteiger partial charge in [-0.3, -0.25) is 4.79 Å². The van der Waals surface area contributed by atoms with Crippen molar-refractivity contribution in [2.75, 3.05) is 7.11 Å². The number of methoxy groups -OCH3 is 1. The third kappa shape index (κ3) is 2.46. The van der Waals surface area contributed by atoms with Gasteiger partial charge >= 0.3 is 6.61 Å². The van der Waals surface area contributed by atoms with E-state index in [-0.39, 0.29) is 23.2 Å². The molecule has 4 rings (SSSR count). The fraction of sp³-hybridized carbons (Fsp3) is 0.389. The van der Waals surface area contributed by atoms with Crippen molar-refractivity contribution in [1.82, 2.24) is 4.57 Å². The molecule has 1 aliphatic heterocycles. The molecule has 126 valence electrons. The Morgan fingerprint density at radius 3 is 2.75 bits per heavy atom. The smallest absolute Gasteiger partial charge is 0.387 e. The molecular formula is C18H17F2NO3. The third-order valence-electron chi connectivity index (χ3n) is 4.66. The predicted octanol–water partition coefficient (Wildman–Crippen LogP) is 3.91. The molecule has 6 heteroatoms. The summed E-state index contributed by atoms with van der Waals surface area (Å²) in [4.78, 5) is 12.5. The normalized spacial score (nSPS) is 15.8. The van der Waals surface area contributed by atoms with Gasteiger partial charge in [0.25, 0.3) is 0 Å². The number of ether oxygens (including phenoxy) is 2. The third-order valence-corrected chi connectivity index (χ3v) is 4.66. The molecule has 24 heavy (non-hydrogen) atoms. The zero-order valence-corrected chi connectivity index (χ0v) is 13.2. The molecule has 2 aromatic rings. The Hall–Kier alpha value is -2.37. The predicted molar refractivity (Wildman–Crippen MR) is 83.8 cm³/mol. The Kier molecular flexibility index (Phi) is 3.55. The number of aryl methyl sites for hydroxylation is 2. The zero-order valence-electron chi connectivity index (χ0n) is 13.2. The quantitative estimate of drug-likeness (QED) is 0.779. The van der Waals surface area contributed by atoms with Gasteiger partial charge in [0.2, 0.25) is 0 Å². The second-order valence-corrected chi connectivity index (χ2v) is 6.20. The number of hydrogen-bond acceptors (Lipinski definition) is 3. The maximum absolute atomic E-state index is 12.6. The summed E-state index contributed by atoms with van der Waals surface area (Å²) in [6.07, 6.45) is 4.50. The maximum atomic E-state index is 12.6. The van der Waals surface area contributed by atoms with Crippen molar-refractivity contribution in [1.29, 1.82) is 0 Å². The fourth-order valence-corrected chi connectivity index (χ4v) is 3.34. The summed E-state index contributed by atoms with van der Waals surface area (Å²) in [5.74, 6) is 0.573. The summed E-state index contributed by atoms with van der Waals surface area (Å²) < 4.78 is 37.0. The number of Topliss-reactive ketones (excluding diaryl/α,β-unsaturated/α-hetero) is 1. The molecule has 4 nitrogen and oxygen atoms in total. The molecule has 0 saturated heterocycles. The molecule has 1 saturated carbocycles. The van der Waals surface area contributed by atoms with Gasteiger partial charge in [0.05, 0.1) is 12.8 Å². The number of carbonyl (C=O) groups is 1. The highest BCUT2D eigenvalue weighted by molar-refractivity contribution is 6.05. The van der Waals surface area contributed by atoms with E-state index >= 15 is 0 Å². The van der Waals surface area contributed by atoms with Gasteiger partial charge in [-0.2, -0.15) is 8.78 Å². The largest absolute Gasteiger partial charge is 0.493 e. The van der Waals surface area contributed by atoms with E-state index in [4.69, 9.17) is 4.74 Å². The number of ketones is 1. The number of alkyl halides is 2. The molecule has 1 aliphatic carbocycles. The summed E-state index contributed by atoms with van der Waals surface area (Å²) >= 11 is 0. The van der Waals surface area contributed by atoms with E-state index in [1.54, 1.807) is 12.1 Å². The van der Waals surface area contributed by atoms with Crippen LogP contribution in [0, 0.1) is 5.92 Å². The van der Waals surface area contributed by atoms with E-state index in [1.807, 2.05) is 16.8 Å². The molecule has 0 bridgehead atoms. The Bertz CT molecular complexity index is 809. The monoisotopic (exact) mass is 333 g/mol. The maximum Gasteiger partial charge on any atom is 0.387 e. The SMILES string of the molecule is COc1cc2c(cc1OC(F)F)CCn1ccc(C(=O)C3CC3)c1-2. The molecule has 0 N–H and O–H groups in total. The van der Waals surface area contributed by atoms with E-state index < -0.39 is 6.61 Å². The lowest BCUT2D eigenvalue weighted by molar-refractivity contribution is -0.0512. The lowest BCUT2D eigenvalue weighted by Gasteiger charge is -2.23. The van der Waals surface area contributed by atoms with Crippen molar-refractivity contribution in [3.63, 3.8) is 0 Å². The van der Waals surface area contributed by atoms with E-state index in [2.05, 4.69) is 4.74 Å². The lowest BCUT2D eigenvalue weighted by atomic mass is 9.93. The van der Waals surface area contributed by atoms with Crippen LogP contribution < -0.4 is 9.47 Å². The van der Waals surface area contributed by atoms with Gasteiger partial charge in [-0.25, -0.2) is 0 Å².